The Bertz CT molecular complexity index is 1110. The van der Waals surface area contributed by atoms with E-state index >= 15 is 0 Å². The van der Waals surface area contributed by atoms with Crippen molar-refractivity contribution in [2.24, 2.45) is 0 Å². The number of benzene rings is 1. The van der Waals surface area contributed by atoms with E-state index in [4.69, 9.17) is 4.42 Å². The van der Waals surface area contributed by atoms with Crippen LogP contribution in [0.3, 0.4) is 0 Å². The van der Waals surface area contributed by atoms with Crippen molar-refractivity contribution in [3.05, 3.63) is 54.0 Å². The maximum atomic E-state index is 12.8. The number of likely N-dealkylation sites (tertiary alicyclic amines) is 1. The van der Waals surface area contributed by atoms with Gasteiger partial charge in [-0.15, -0.1) is 0 Å². The Morgan fingerprint density at radius 2 is 1.58 bits per heavy atom. The van der Waals surface area contributed by atoms with Gasteiger partial charge in [0.15, 0.2) is 9.84 Å². The van der Waals surface area contributed by atoms with Gasteiger partial charge in [0, 0.05) is 31.7 Å². The molecular weight excluding hydrogens is 440 g/mol. The molecule has 0 radical (unpaired) electrons. The van der Waals surface area contributed by atoms with Crippen LogP contribution < -0.4 is 0 Å². The highest BCUT2D eigenvalue weighted by Crippen LogP contribution is 2.24. The van der Waals surface area contributed by atoms with E-state index in [1.54, 1.807) is 17.0 Å². The van der Waals surface area contributed by atoms with Gasteiger partial charge in [0.1, 0.15) is 11.5 Å². The van der Waals surface area contributed by atoms with Crippen LogP contribution in [0, 0.1) is 0 Å². The zero-order valence-corrected chi connectivity index (χ0v) is 18.8. The van der Waals surface area contributed by atoms with Crippen molar-refractivity contribution in [3.8, 4) is 0 Å². The molecule has 31 heavy (non-hydrogen) atoms. The number of furan rings is 1. The molecule has 2 saturated heterocycles. The number of hydrogen-bond acceptors (Lipinski definition) is 6. The molecule has 2 fully saturated rings. The second-order valence-corrected chi connectivity index (χ2v) is 12.2. The first-order valence-corrected chi connectivity index (χ1v) is 13.6. The Kier molecular flexibility index (Phi) is 6.23. The molecule has 0 saturated carbocycles. The largest absolute Gasteiger partial charge is 0.468 e. The number of piperidine rings is 1. The standard InChI is InChI=1S/C21H26N2O6S2/c24-21(17-5-7-20(8-6-17)31(27,28)23-11-1-2-12-23)22-13-9-19(10-14-22)30(25,26)16-18-4-3-15-29-18/h3-8,15,19H,1-2,9-14,16H2. The summed E-state index contributed by atoms with van der Waals surface area (Å²) in [6, 6.07) is 9.32. The summed E-state index contributed by atoms with van der Waals surface area (Å²) >= 11 is 0. The van der Waals surface area contributed by atoms with E-state index in [0.717, 1.165) is 12.8 Å². The minimum atomic E-state index is -3.52. The lowest BCUT2D eigenvalue weighted by Gasteiger charge is -2.31. The molecule has 0 aliphatic carbocycles. The van der Waals surface area contributed by atoms with E-state index in [1.807, 2.05) is 0 Å². The van der Waals surface area contributed by atoms with Crippen LogP contribution in [0.1, 0.15) is 41.8 Å². The van der Waals surface area contributed by atoms with Crippen molar-refractivity contribution in [1.82, 2.24) is 9.21 Å². The van der Waals surface area contributed by atoms with Gasteiger partial charge in [0.05, 0.1) is 16.4 Å². The number of sulfonamides is 1. The van der Waals surface area contributed by atoms with E-state index in [9.17, 15) is 21.6 Å². The Balaban J connectivity index is 1.37. The minimum Gasteiger partial charge on any atom is -0.468 e. The molecule has 4 rings (SSSR count). The maximum absolute atomic E-state index is 12.8. The fourth-order valence-electron chi connectivity index (χ4n) is 4.16. The molecule has 10 heteroatoms. The molecule has 2 aliphatic rings. The number of rotatable bonds is 6. The van der Waals surface area contributed by atoms with Gasteiger partial charge in [0.2, 0.25) is 10.0 Å². The lowest BCUT2D eigenvalue weighted by Crippen LogP contribution is -2.42. The summed E-state index contributed by atoms with van der Waals surface area (Å²) < 4.78 is 57.1. The summed E-state index contributed by atoms with van der Waals surface area (Å²) in [5.74, 6) is 0.0699. The highest BCUT2D eigenvalue weighted by atomic mass is 32.2. The summed E-state index contributed by atoms with van der Waals surface area (Å²) in [5, 5.41) is -0.505. The normalized spacial score (nSPS) is 19.0. The van der Waals surface area contributed by atoms with E-state index in [1.165, 1.54) is 34.8 Å². The number of carbonyl (C=O) groups excluding carboxylic acids is 1. The van der Waals surface area contributed by atoms with Crippen LogP contribution in [0.15, 0.2) is 52.0 Å². The molecule has 0 spiro atoms. The van der Waals surface area contributed by atoms with Crippen LogP contribution in [0.25, 0.3) is 0 Å². The SMILES string of the molecule is O=C(c1ccc(S(=O)(=O)N2CCCC2)cc1)N1CCC(S(=O)(=O)Cc2ccco2)CC1. The van der Waals surface area contributed by atoms with E-state index in [2.05, 4.69) is 0 Å². The zero-order chi connectivity index (χ0) is 22.1. The van der Waals surface area contributed by atoms with Crippen LogP contribution in [0.4, 0.5) is 0 Å². The first-order chi connectivity index (χ1) is 14.8. The summed E-state index contributed by atoms with van der Waals surface area (Å²) in [5.41, 5.74) is 0.400. The summed E-state index contributed by atoms with van der Waals surface area (Å²) in [6.45, 7) is 1.74. The maximum Gasteiger partial charge on any atom is 0.253 e. The second kappa shape index (κ2) is 8.76. The van der Waals surface area contributed by atoms with Crippen molar-refractivity contribution < 1.29 is 26.0 Å². The van der Waals surface area contributed by atoms with Gasteiger partial charge in [-0.25, -0.2) is 16.8 Å². The molecule has 1 aromatic carbocycles. The lowest BCUT2D eigenvalue weighted by molar-refractivity contribution is 0.0725. The van der Waals surface area contributed by atoms with Gasteiger partial charge in [-0.3, -0.25) is 4.79 Å². The highest BCUT2D eigenvalue weighted by Gasteiger charge is 2.33. The van der Waals surface area contributed by atoms with Crippen molar-refractivity contribution in [2.45, 2.75) is 41.6 Å². The van der Waals surface area contributed by atoms with Crippen LogP contribution in [0.2, 0.25) is 0 Å². The number of sulfone groups is 1. The monoisotopic (exact) mass is 466 g/mol. The molecule has 2 aliphatic heterocycles. The van der Waals surface area contributed by atoms with Gasteiger partial charge in [-0.1, -0.05) is 0 Å². The van der Waals surface area contributed by atoms with Crippen LogP contribution in [-0.2, 0) is 25.6 Å². The Morgan fingerprint density at radius 1 is 0.935 bits per heavy atom. The molecule has 0 N–H and O–H groups in total. The lowest BCUT2D eigenvalue weighted by atomic mass is 10.1. The van der Waals surface area contributed by atoms with Gasteiger partial charge in [-0.2, -0.15) is 4.31 Å². The third-order valence-corrected chi connectivity index (χ3v) is 10.1. The average Bonchev–Trinajstić information content (AvgIpc) is 3.48. The molecule has 0 bridgehead atoms. The van der Waals surface area contributed by atoms with Gasteiger partial charge in [-0.05, 0) is 62.1 Å². The van der Waals surface area contributed by atoms with Gasteiger partial charge >= 0.3 is 0 Å². The molecule has 0 atom stereocenters. The van der Waals surface area contributed by atoms with Crippen LogP contribution >= 0.6 is 0 Å². The smallest absolute Gasteiger partial charge is 0.253 e. The van der Waals surface area contributed by atoms with E-state index < -0.39 is 25.1 Å². The Labute approximate surface area is 182 Å². The molecule has 2 aromatic rings. The van der Waals surface area contributed by atoms with Crippen molar-refractivity contribution >= 4 is 25.8 Å². The molecule has 8 nitrogen and oxygen atoms in total. The third-order valence-electron chi connectivity index (χ3n) is 5.96. The van der Waals surface area contributed by atoms with Gasteiger partial charge < -0.3 is 9.32 Å². The number of amides is 1. The number of nitrogens with zero attached hydrogens (tertiary/aromatic N) is 2. The fourth-order valence-corrected chi connectivity index (χ4v) is 7.40. The number of hydrogen-bond donors (Lipinski definition) is 0. The minimum absolute atomic E-state index is 0.133. The van der Waals surface area contributed by atoms with Crippen LogP contribution in [-0.4, -0.2) is 63.4 Å². The molecular formula is C21H26N2O6S2. The van der Waals surface area contributed by atoms with E-state index in [0.29, 0.717) is 50.3 Å². The molecule has 0 unspecified atom stereocenters. The predicted octanol–water partition coefficient (Wildman–Crippen LogP) is 2.28. The molecule has 1 amide bonds. The fraction of sp³-hybridized carbons (Fsp3) is 0.476. The summed E-state index contributed by atoms with van der Waals surface area (Å²) in [7, 11) is -6.87. The van der Waals surface area contributed by atoms with Crippen LogP contribution in [0.5, 0.6) is 0 Å². The van der Waals surface area contributed by atoms with Crippen molar-refractivity contribution in [2.75, 3.05) is 26.2 Å². The number of carbonyl (C=O) groups is 1. The predicted molar refractivity (Wildman–Crippen MR) is 115 cm³/mol. The topological polar surface area (TPSA) is 105 Å². The summed E-state index contributed by atoms with van der Waals surface area (Å²) in [6.07, 6.45) is 3.92. The first-order valence-electron chi connectivity index (χ1n) is 10.4. The van der Waals surface area contributed by atoms with Crippen molar-refractivity contribution in [1.29, 1.82) is 0 Å². The van der Waals surface area contributed by atoms with Gasteiger partial charge in [0.25, 0.3) is 5.91 Å². The Hall–Kier alpha value is -2.17. The van der Waals surface area contributed by atoms with Crippen molar-refractivity contribution in [3.63, 3.8) is 0 Å². The first kappa shape index (κ1) is 22.0. The molecule has 168 valence electrons. The third kappa shape index (κ3) is 4.70. The molecule has 3 heterocycles. The Morgan fingerprint density at radius 3 is 2.16 bits per heavy atom. The second-order valence-electron chi connectivity index (χ2n) is 8.01. The zero-order valence-electron chi connectivity index (χ0n) is 17.1. The quantitative estimate of drug-likeness (QED) is 0.647. The average molecular weight is 467 g/mol. The van der Waals surface area contributed by atoms with E-state index in [-0.39, 0.29) is 16.6 Å². The highest BCUT2D eigenvalue weighted by molar-refractivity contribution is 7.91. The molecule has 1 aromatic heterocycles. The summed E-state index contributed by atoms with van der Waals surface area (Å²) in [4.78, 5) is 14.6.